The van der Waals surface area contributed by atoms with E-state index in [-0.39, 0.29) is 5.91 Å². The predicted molar refractivity (Wildman–Crippen MR) is 106 cm³/mol. The molecule has 0 radical (unpaired) electrons. The number of aryl methyl sites for hydroxylation is 1. The molecular weight excluding hydrogens is 338 g/mol. The number of hydrogen-bond donors (Lipinski definition) is 0. The molecule has 1 aliphatic heterocycles. The monoisotopic (exact) mass is 363 g/mol. The number of hydrogen-bond acceptors (Lipinski definition) is 3. The van der Waals surface area contributed by atoms with E-state index in [1.54, 1.807) is 7.11 Å². The molecule has 1 saturated heterocycles. The minimum Gasteiger partial charge on any atom is -0.497 e. The van der Waals surface area contributed by atoms with Gasteiger partial charge in [0.05, 0.1) is 7.11 Å². The van der Waals surface area contributed by atoms with Gasteiger partial charge in [0.25, 0.3) is 5.91 Å². The Bertz CT molecular complexity index is 937. The van der Waals surface area contributed by atoms with Gasteiger partial charge in [-0.3, -0.25) is 4.79 Å². The summed E-state index contributed by atoms with van der Waals surface area (Å²) in [6.07, 6.45) is 3.16. The lowest BCUT2D eigenvalue weighted by Crippen LogP contribution is -2.39. The molecule has 4 rings (SSSR count). The Morgan fingerprint density at radius 2 is 1.89 bits per heavy atom. The fraction of sp³-hybridized carbons (Fsp3) is 0.348. The largest absolute Gasteiger partial charge is 0.497 e. The zero-order valence-electron chi connectivity index (χ0n) is 15.9. The molecule has 1 aromatic heterocycles. The van der Waals surface area contributed by atoms with E-state index in [9.17, 15) is 4.79 Å². The number of carbonyl (C=O) groups is 1. The average molecular weight is 363 g/mol. The van der Waals surface area contributed by atoms with Crippen LogP contribution in [0.15, 0.2) is 52.9 Å². The molecular formula is C23H25NO3. The number of ether oxygens (including phenoxy) is 1. The van der Waals surface area contributed by atoms with E-state index in [2.05, 4.69) is 30.3 Å². The second kappa shape index (κ2) is 7.47. The van der Waals surface area contributed by atoms with Gasteiger partial charge in [-0.05, 0) is 55.9 Å². The van der Waals surface area contributed by atoms with Crippen molar-refractivity contribution < 1.29 is 13.9 Å². The molecule has 1 fully saturated rings. The lowest BCUT2D eigenvalue weighted by atomic mass is 9.90. The number of piperidine rings is 1. The molecule has 2 aromatic carbocycles. The van der Waals surface area contributed by atoms with E-state index in [0.29, 0.717) is 11.7 Å². The Morgan fingerprint density at radius 1 is 1.15 bits per heavy atom. The van der Waals surface area contributed by atoms with Gasteiger partial charge in [-0.15, -0.1) is 0 Å². The standard InChI is InChI=1S/C23H25NO3/c1-16-20-15-19(26-2)8-9-21(20)27-22(16)23(25)24-12-10-18(11-13-24)14-17-6-4-3-5-7-17/h3-9,15,18H,10-14H2,1-2H3. The van der Waals surface area contributed by atoms with Crippen LogP contribution in [0.25, 0.3) is 11.0 Å². The van der Waals surface area contributed by atoms with Crippen molar-refractivity contribution in [3.05, 3.63) is 65.4 Å². The third-order valence-electron chi connectivity index (χ3n) is 5.61. The summed E-state index contributed by atoms with van der Waals surface area (Å²) in [6, 6.07) is 16.2. The van der Waals surface area contributed by atoms with E-state index in [4.69, 9.17) is 9.15 Å². The zero-order chi connectivity index (χ0) is 18.8. The highest BCUT2D eigenvalue weighted by Crippen LogP contribution is 2.30. The van der Waals surface area contributed by atoms with Gasteiger partial charge in [-0.25, -0.2) is 0 Å². The van der Waals surface area contributed by atoms with Crippen LogP contribution in [-0.2, 0) is 6.42 Å². The number of benzene rings is 2. The molecule has 140 valence electrons. The van der Waals surface area contributed by atoms with Crippen molar-refractivity contribution in [2.45, 2.75) is 26.2 Å². The summed E-state index contributed by atoms with van der Waals surface area (Å²) in [6.45, 7) is 3.52. The van der Waals surface area contributed by atoms with Crippen molar-refractivity contribution >= 4 is 16.9 Å². The van der Waals surface area contributed by atoms with Gasteiger partial charge in [0.1, 0.15) is 11.3 Å². The van der Waals surface area contributed by atoms with Gasteiger partial charge in [0, 0.05) is 24.0 Å². The number of carbonyl (C=O) groups excluding carboxylic acids is 1. The lowest BCUT2D eigenvalue weighted by molar-refractivity contribution is 0.0660. The third kappa shape index (κ3) is 3.57. The Kier molecular flexibility index (Phi) is 4.88. The van der Waals surface area contributed by atoms with Crippen molar-refractivity contribution in [3.63, 3.8) is 0 Å². The minimum atomic E-state index is 0.000767. The van der Waals surface area contributed by atoms with Crippen molar-refractivity contribution in [1.82, 2.24) is 4.90 Å². The Morgan fingerprint density at radius 3 is 2.59 bits per heavy atom. The molecule has 1 aliphatic rings. The summed E-state index contributed by atoms with van der Waals surface area (Å²) < 4.78 is 11.2. The van der Waals surface area contributed by atoms with Gasteiger partial charge in [0.15, 0.2) is 5.76 Å². The molecule has 0 saturated carbocycles. The number of nitrogens with zero attached hydrogens (tertiary/aromatic N) is 1. The van der Waals surface area contributed by atoms with E-state index in [0.717, 1.165) is 54.6 Å². The number of likely N-dealkylation sites (tertiary alicyclic amines) is 1. The smallest absolute Gasteiger partial charge is 0.289 e. The van der Waals surface area contributed by atoms with Crippen molar-refractivity contribution in [2.24, 2.45) is 5.92 Å². The number of methoxy groups -OCH3 is 1. The zero-order valence-corrected chi connectivity index (χ0v) is 15.9. The van der Waals surface area contributed by atoms with Crippen LogP contribution in [0.4, 0.5) is 0 Å². The minimum absolute atomic E-state index is 0.000767. The fourth-order valence-corrected chi connectivity index (χ4v) is 3.96. The molecule has 0 aliphatic carbocycles. The number of furan rings is 1. The first-order valence-corrected chi connectivity index (χ1v) is 9.56. The second-order valence-electron chi connectivity index (χ2n) is 7.34. The van der Waals surface area contributed by atoms with Crippen LogP contribution in [-0.4, -0.2) is 31.0 Å². The Hall–Kier alpha value is -2.75. The summed E-state index contributed by atoms with van der Waals surface area (Å²) in [5, 5.41) is 0.941. The topological polar surface area (TPSA) is 42.7 Å². The molecule has 1 amide bonds. The van der Waals surface area contributed by atoms with Gasteiger partial charge in [-0.1, -0.05) is 30.3 Å². The molecule has 0 atom stereocenters. The van der Waals surface area contributed by atoms with Crippen LogP contribution >= 0.6 is 0 Å². The predicted octanol–water partition coefficient (Wildman–Crippen LogP) is 4.84. The van der Waals surface area contributed by atoms with Crippen LogP contribution in [0, 0.1) is 12.8 Å². The fourth-order valence-electron chi connectivity index (χ4n) is 3.96. The first-order valence-electron chi connectivity index (χ1n) is 9.56. The third-order valence-corrected chi connectivity index (χ3v) is 5.61. The number of rotatable bonds is 4. The number of amides is 1. The highest BCUT2D eigenvalue weighted by Gasteiger charge is 2.27. The van der Waals surface area contributed by atoms with Gasteiger partial charge >= 0.3 is 0 Å². The average Bonchev–Trinajstić information content (AvgIpc) is 3.05. The summed E-state index contributed by atoms with van der Waals surface area (Å²) in [7, 11) is 1.64. The molecule has 4 heteroatoms. The van der Waals surface area contributed by atoms with Crippen LogP contribution < -0.4 is 4.74 Å². The normalized spacial score (nSPS) is 15.3. The molecule has 2 heterocycles. The molecule has 27 heavy (non-hydrogen) atoms. The summed E-state index contributed by atoms with van der Waals surface area (Å²) in [4.78, 5) is 14.9. The maximum atomic E-state index is 13.0. The lowest BCUT2D eigenvalue weighted by Gasteiger charge is -2.31. The molecule has 0 N–H and O–H groups in total. The molecule has 0 spiro atoms. The summed E-state index contributed by atoms with van der Waals surface area (Å²) in [5.41, 5.74) is 3.00. The van der Waals surface area contributed by atoms with E-state index < -0.39 is 0 Å². The highest BCUT2D eigenvalue weighted by atomic mass is 16.5. The van der Waals surface area contributed by atoms with Crippen molar-refractivity contribution in [1.29, 1.82) is 0 Å². The van der Waals surface area contributed by atoms with E-state index in [1.807, 2.05) is 30.0 Å². The maximum absolute atomic E-state index is 13.0. The van der Waals surface area contributed by atoms with Gasteiger partial charge < -0.3 is 14.1 Å². The first kappa shape index (κ1) is 17.7. The van der Waals surface area contributed by atoms with Crippen molar-refractivity contribution in [3.8, 4) is 5.75 Å². The first-order chi connectivity index (χ1) is 13.2. The van der Waals surface area contributed by atoms with Crippen LogP contribution in [0.5, 0.6) is 5.75 Å². The van der Waals surface area contributed by atoms with E-state index >= 15 is 0 Å². The van der Waals surface area contributed by atoms with Gasteiger partial charge in [0.2, 0.25) is 0 Å². The van der Waals surface area contributed by atoms with Crippen LogP contribution in [0.1, 0.15) is 34.5 Å². The number of fused-ring (bicyclic) bond motifs is 1. The molecule has 0 bridgehead atoms. The Balaban J connectivity index is 1.45. The maximum Gasteiger partial charge on any atom is 0.289 e. The molecule has 4 nitrogen and oxygen atoms in total. The van der Waals surface area contributed by atoms with E-state index in [1.165, 1.54) is 5.56 Å². The van der Waals surface area contributed by atoms with Crippen molar-refractivity contribution in [2.75, 3.05) is 20.2 Å². The Labute approximate surface area is 159 Å². The molecule has 0 unspecified atom stereocenters. The van der Waals surface area contributed by atoms with Crippen LogP contribution in [0.3, 0.4) is 0 Å². The SMILES string of the molecule is COc1ccc2oc(C(=O)N3CCC(Cc4ccccc4)CC3)c(C)c2c1. The summed E-state index contributed by atoms with van der Waals surface area (Å²) >= 11 is 0. The highest BCUT2D eigenvalue weighted by molar-refractivity contribution is 5.99. The summed E-state index contributed by atoms with van der Waals surface area (Å²) in [5.74, 6) is 1.87. The molecule has 3 aromatic rings. The van der Waals surface area contributed by atoms with Gasteiger partial charge in [-0.2, -0.15) is 0 Å². The van der Waals surface area contributed by atoms with Crippen LogP contribution in [0.2, 0.25) is 0 Å². The quantitative estimate of drug-likeness (QED) is 0.666. The second-order valence-corrected chi connectivity index (χ2v) is 7.34.